The molecule has 0 bridgehead atoms. The van der Waals surface area contributed by atoms with Gasteiger partial charge in [-0.15, -0.1) is 0 Å². The summed E-state index contributed by atoms with van der Waals surface area (Å²) < 4.78 is 0. The van der Waals surface area contributed by atoms with Crippen LogP contribution in [0, 0.1) is 53.3 Å². The molecule has 0 aromatic carbocycles. The lowest BCUT2D eigenvalue weighted by atomic mass is 9.94. The molecule has 2 rings (SSSR count). The van der Waals surface area contributed by atoms with Gasteiger partial charge in [0.2, 0.25) is 0 Å². The highest BCUT2D eigenvalue weighted by molar-refractivity contribution is 5.77. The molecule has 2 heterocycles. The van der Waals surface area contributed by atoms with E-state index in [4.69, 9.17) is 15.9 Å². The predicted molar refractivity (Wildman–Crippen MR) is 363 cm³/mol. The molecule has 2 unspecified atom stereocenters. The third kappa shape index (κ3) is 93.7. The van der Waals surface area contributed by atoms with E-state index in [1.807, 2.05) is 38.2 Å². The van der Waals surface area contributed by atoms with Crippen molar-refractivity contribution < 1.29 is 29.4 Å². The quantitative estimate of drug-likeness (QED) is 0.0319. The van der Waals surface area contributed by atoms with Gasteiger partial charge >= 0.3 is 5.97 Å². The Labute approximate surface area is 512 Å². The molecule has 0 aromatic heterocycles. The first-order chi connectivity index (χ1) is 38.2. The van der Waals surface area contributed by atoms with E-state index >= 15 is 0 Å². The molecule has 10 heteroatoms. The van der Waals surface area contributed by atoms with Crippen molar-refractivity contribution >= 4 is 23.3 Å². The number of nitrogens with zero attached hydrogens (tertiary/aromatic N) is 3. The summed E-state index contributed by atoms with van der Waals surface area (Å²) in [7, 11) is 4.27. The van der Waals surface area contributed by atoms with Gasteiger partial charge in [-0.25, -0.2) is 0 Å². The summed E-state index contributed by atoms with van der Waals surface area (Å²) in [4.78, 5) is 49.3. The van der Waals surface area contributed by atoms with Crippen LogP contribution in [-0.2, 0) is 19.2 Å². The van der Waals surface area contributed by atoms with Crippen LogP contribution in [0.3, 0.4) is 0 Å². The number of allylic oxidation sites excluding steroid dienone is 5. The molecule has 10 nitrogen and oxygen atoms in total. The maximum atomic E-state index is 10.6. The topological polar surface area (TPSA) is 144 Å². The Hall–Kier alpha value is -2.66. The average molecular weight is 1160 g/mol. The maximum Gasteiger partial charge on any atom is 0.306 e. The van der Waals surface area contributed by atoms with E-state index in [0.717, 1.165) is 30.1 Å². The second kappa shape index (κ2) is 64.3. The highest BCUT2D eigenvalue weighted by Crippen LogP contribution is 2.18. The van der Waals surface area contributed by atoms with Crippen molar-refractivity contribution in [3.63, 3.8) is 0 Å². The summed E-state index contributed by atoms with van der Waals surface area (Å²) in [6.45, 7) is 54.7. The van der Waals surface area contributed by atoms with Crippen molar-refractivity contribution in [2.45, 2.75) is 292 Å². The lowest BCUT2D eigenvalue weighted by Crippen LogP contribution is -2.37. The molecule has 2 aliphatic rings. The monoisotopic (exact) mass is 1160 g/mol. The van der Waals surface area contributed by atoms with Gasteiger partial charge in [0.25, 0.3) is 0 Å². The van der Waals surface area contributed by atoms with E-state index in [1.54, 1.807) is 20.8 Å². The van der Waals surface area contributed by atoms with Crippen LogP contribution >= 0.6 is 0 Å². The molecule has 0 amide bonds. The number of aliphatic hydroxyl groups excluding tert-OH is 1. The highest BCUT2D eigenvalue weighted by atomic mass is 16.4. The zero-order valence-corrected chi connectivity index (χ0v) is 58.9. The molecular weight excluding hydrogens is 1020 g/mol. The van der Waals surface area contributed by atoms with Gasteiger partial charge in [-0.1, -0.05) is 219 Å². The van der Waals surface area contributed by atoms with E-state index in [0.29, 0.717) is 49.4 Å². The van der Waals surface area contributed by atoms with Crippen molar-refractivity contribution in [1.29, 1.82) is 0 Å². The van der Waals surface area contributed by atoms with Crippen LogP contribution in [0.5, 0.6) is 0 Å². The summed E-state index contributed by atoms with van der Waals surface area (Å²) >= 11 is 0. The Balaban J connectivity index is -0.000000202. The Morgan fingerprint density at radius 2 is 0.866 bits per heavy atom. The zero-order chi connectivity index (χ0) is 64.4. The van der Waals surface area contributed by atoms with Crippen LogP contribution in [0.1, 0.15) is 286 Å². The molecule has 0 aliphatic carbocycles. The number of carbonyl (C=O) groups excluding carboxylic acids is 3. The minimum atomic E-state index is -0.862. The molecule has 2 aliphatic heterocycles. The number of rotatable bonds is 35. The largest absolute Gasteiger partial charge is 0.513 e. The van der Waals surface area contributed by atoms with Gasteiger partial charge in [0.1, 0.15) is 17.3 Å². The lowest BCUT2D eigenvalue weighted by Gasteiger charge is -2.30. The van der Waals surface area contributed by atoms with E-state index < -0.39 is 11.9 Å². The first-order valence-electron chi connectivity index (χ1n) is 33.4. The van der Waals surface area contributed by atoms with Gasteiger partial charge in [0.15, 0.2) is 0 Å². The number of aliphatic carboxylic acids is 1. The highest BCUT2D eigenvalue weighted by Gasteiger charge is 2.19. The molecule has 82 heavy (non-hydrogen) atoms. The van der Waals surface area contributed by atoms with Crippen molar-refractivity contribution in [3.05, 3.63) is 36.6 Å². The van der Waals surface area contributed by atoms with Crippen LogP contribution in [0.4, 0.5) is 0 Å². The fraction of sp³-hybridized carbons (Fsp3) is 0.861. The summed E-state index contributed by atoms with van der Waals surface area (Å²) in [5.74, 6) is 4.84. The number of unbranched alkanes of at least 4 members (excludes halogenated alkanes) is 6. The van der Waals surface area contributed by atoms with Crippen molar-refractivity contribution in [2.75, 3.05) is 59.9 Å². The number of hydrogen-bond donors (Lipinski definition) is 3. The Morgan fingerprint density at radius 3 is 1.13 bits per heavy atom. The number of aliphatic hydroxyl groups is 1. The number of carboxylic acid groups (broad SMARTS) is 1. The Morgan fingerprint density at radius 1 is 0.500 bits per heavy atom. The third-order valence-corrected chi connectivity index (χ3v) is 13.2. The smallest absolute Gasteiger partial charge is 0.306 e. The van der Waals surface area contributed by atoms with E-state index in [-0.39, 0.29) is 35.6 Å². The SMILES string of the molecule is C=C(O)CC(CC(C)C)C(=O)O.CC(=O)C/C=C/C(C)C.CC(=O)C/C=C\C(C)C.CC(=O)CC(N)CC(C)C.CC(C)CCCCN(C)C.CC(C)CCCCN1CCC1.CC(C)CCCCN1CCCC1.CCCCCCC(C)C. The number of carbonyl (C=O) groups is 4. The first-order valence-corrected chi connectivity index (χ1v) is 33.4. The number of nitrogens with two attached hydrogens (primary N) is 1. The number of hydrogen-bond acceptors (Lipinski definition) is 9. The maximum absolute atomic E-state index is 10.6. The molecule has 490 valence electrons. The Bertz CT molecular complexity index is 1430. The second-order valence-corrected chi connectivity index (χ2v) is 27.3. The minimum absolute atomic E-state index is 0.0527. The molecule has 0 aromatic rings. The normalized spacial score (nSPS) is 13.9. The van der Waals surface area contributed by atoms with Crippen molar-refractivity contribution in [3.8, 4) is 0 Å². The van der Waals surface area contributed by atoms with Gasteiger partial charge in [-0.2, -0.15) is 0 Å². The summed E-state index contributed by atoms with van der Waals surface area (Å²) in [5.41, 5.74) is 5.65. The van der Waals surface area contributed by atoms with Gasteiger partial charge in [0, 0.05) is 31.7 Å². The van der Waals surface area contributed by atoms with Crippen LogP contribution in [0.25, 0.3) is 0 Å². The lowest BCUT2D eigenvalue weighted by molar-refractivity contribution is -0.142. The van der Waals surface area contributed by atoms with E-state index in [1.165, 1.54) is 155 Å². The number of carboxylic acids is 1. The second-order valence-electron chi connectivity index (χ2n) is 27.3. The van der Waals surface area contributed by atoms with Crippen molar-refractivity contribution in [1.82, 2.24) is 14.7 Å². The average Bonchev–Trinajstić information content (AvgIpc) is 3.84. The molecule has 2 fully saturated rings. The fourth-order valence-corrected chi connectivity index (χ4v) is 8.54. The molecule has 4 N–H and O–H groups in total. The fourth-order valence-electron chi connectivity index (χ4n) is 8.54. The minimum Gasteiger partial charge on any atom is -0.513 e. The molecule has 0 saturated carbocycles. The molecule has 0 radical (unpaired) electrons. The standard InChI is InChI=1S/C11H23N.C10H21N.C9H21N.C9H16O3.C9H20.C8H17NO.2C8H14O/c1-11(2)7-3-4-8-12-9-5-6-10-12;1-10(2)6-3-4-7-11-8-5-9-11;1-9(2)7-5-6-8-10(3)4;1-6(2)4-8(9(11)12)5-7(3)10;1-4-5-6-7-8-9(2)3;1-6(2)4-8(9)5-7(3)10;2*1-7(2)5-4-6-8(3)9/h11H,3-10H2,1-2H3;10H,3-9H2,1-2H3;9H,5-8H2,1-4H3;6,8,10H,3-5H2,1-2H3,(H,11,12);9H,4-8H2,1-3H3;6,8H,4-5,9H2,1-3H3;2*4-5,7H,6H2,1-3H3/b;;;;;;5-4+;5-4-. The van der Waals surface area contributed by atoms with Gasteiger partial charge in [-0.3, -0.25) is 19.2 Å². The van der Waals surface area contributed by atoms with Gasteiger partial charge < -0.3 is 30.6 Å². The van der Waals surface area contributed by atoms with Crippen molar-refractivity contribution in [2.24, 2.45) is 59.0 Å². The van der Waals surface area contributed by atoms with Gasteiger partial charge in [-0.05, 0) is 179 Å². The van der Waals surface area contributed by atoms with Crippen LogP contribution in [-0.4, -0.2) is 114 Å². The van der Waals surface area contributed by atoms with E-state index in [9.17, 15) is 19.2 Å². The van der Waals surface area contributed by atoms with Crippen LogP contribution in [0.2, 0.25) is 0 Å². The summed E-state index contributed by atoms with van der Waals surface area (Å²) in [6, 6.07) is 0.0671. The molecular formula is C72H146N4O6. The van der Waals surface area contributed by atoms with E-state index in [2.05, 4.69) is 139 Å². The number of ketones is 3. The summed E-state index contributed by atoms with van der Waals surface area (Å²) in [5, 5.41) is 17.5. The number of Topliss-reactive ketones (excluding diaryl/α,β-unsaturated/α-hetero) is 3. The molecule has 0 spiro atoms. The van der Waals surface area contributed by atoms with Gasteiger partial charge in [0.05, 0.1) is 11.7 Å². The first kappa shape index (κ1) is 90.5. The zero-order valence-electron chi connectivity index (χ0n) is 58.9. The Kier molecular flexibility index (Phi) is 71.0. The summed E-state index contributed by atoms with van der Waals surface area (Å²) in [6.07, 6.45) is 35.3. The molecule has 2 saturated heterocycles. The predicted octanol–water partition coefficient (Wildman–Crippen LogP) is 19.3. The number of likely N-dealkylation sites (tertiary alicyclic amines) is 2. The molecule has 2 atom stereocenters. The third-order valence-electron chi connectivity index (χ3n) is 13.2. The van der Waals surface area contributed by atoms with Crippen LogP contribution < -0.4 is 5.73 Å². The van der Waals surface area contributed by atoms with Crippen LogP contribution in [0.15, 0.2) is 36.6 Å².